The Balaban J connectivity index is 2.30. The van der Waals surface area contributed by atoms with E-state index in [9.17, 15) is 10.1 Å². The van der Waals surface area contributed by atoms with Gasteiger partial charge in [-0.15, -0.1) is 0 Å². The summed E-state index contributed by atoms with van der Waals surface area (Å²) in [5.41, 5.74) is 2.32. The Bertz CT molecular complexity index is 576. The molecule has 1 aliphatic rings. The molecule has 1 aromatic rings. The summed E-state index contributed by atoms with van der Waals surface area (Å²) in [6.07, 6.45) is 1.80. The van der Waals surface area contributed by atoms with Crippen LogP contribution < -0.4 is 0 Å². The Labute approximate surface area is 113 Å². The summed E-state index contributed by atoms with van der Waals surface area (Å²) < 4.78 is 0. The van der Waals surface area contributed by atoms with E-state index in [1.165, 1.54) is 0 Å². The average molecular weight is 255 g/mol. The van der Waals surface area contributed by atoms with Crippen molar-refractivity contribution in [2.24, 2.45) is 17.3 Å². The van der Waals surface area contributed by atoms with E-state index < -0.39 is 11.9 Å². The summed E-state index contributed by atoms with van der Waals surface area (Å²) >= 11 is 0. The minimum absolute atomic E-state index is 0.184. The first-order valence-electron chi connectivity index (χ1n) is 6.29. The third-order valence-electron chi connectivity index (χ3n) is 3.96. The summed E-state index contributed by atoms with van der Waals surface area (Å²) in [4.78, 5) is 11.2. The van der Waals surface area contributed by atoms with Gasteiger partial charge < -0.3 is 5.11 Å². The highest BCUT2D eigenvalue weighted by Crippen LogP contribution is 2.61. The molecular formula is C16H17NO2. The van der Waals surface area contributed by atoms with Gasteiger partial charge in [-0.05, 0) is 24.0 Å². The zero-order chi connectivity index (χ0) is 14.2. The van der Waals surface area contributed by atoms with Crippen LogP contribution >= 0.6 is 0 Å². The number of allylic oxidation sites excluding steroid dienone is 1. The van der Waals surface area contributed by atoms with Crippen LogP contribution in [0.4, 0.5) is 0 Å². The second-order valence-electron chi connectivity index (χ2n) is 5.74. The standard InChI is InChI=1S/C16H17NO2/c1-10-4-6-11(7-5-10)8-12(9-17)13-14(15(18)19)16(13,2)3/h4-8,13-14H,1-3H3,(H,18,19)/t13-,14+/m1/s1. The number of rotatable bonds is 3. The molecule has 0 aromatic heterocycles. The smallest absolute Gasteiger partial charge is 0.307 e. The van der Waals surface area contributed by atoms with E-state index in [0.29, 0.717) is 5.57 Å². The molecule has 3 heteroatoms. The molecule has 1 aliphatic carbocycles. The van der Waals surface area contributed by atoms with Gasteiger partial charge in [0.25, 0.3) is 0 Å². The topological polar surface area (TPSA) is 61.1 Å². The number of carbonyl (C=O) groups is 1. The molecule has 0 unspecified atom stereocenters. The Morgan fingerprint density at radius 2 is 1.89 bits per heavy atom. The lowest BCUT2D eigenvalue weighted by Gasteiger charge is -2.01. The first-order chi connectivity index (χ1) is 8.87. The normalized spacial score (nSPS) is 24.6. The number of nitrogens with zero attached hydrogens (tertiary/aromatic N) is 1. The van der Waals surface area contributed by atoms with Gasteiger partial charge >= 0.3 is 5.97 Å². The predicted molar refractivity (Wildman–Crippen MR) is 73.2 cm³/mol. The van der Waals surface area contributed by atoms with E-state index in [-0.39, 0.29) is 11.3 Å². The van der Waals surface area contributed by atoms with Crippen LogP contribution in [0.25, 0.3) is 6.08 Å². The number of benzene rings is 1. The molecule has 0 saturated heterocycles. The molecule has 1 N–H and O–H groups in total. The molecule has 19 heavy (non-hydrogen) atoms. The van der Waals surface area contributed by atoms with Crippen molar-refractivity contribution in [3.63, 3.8) is 0 Å². The lowest BCUT2D eigenvalue weighted by Crippen LogP contribution is -2.03. The molecule has 0 aliphatic heterocycles. The second-order valence-corrected chi connectivity index (χ2v) is 5.74. The van der Waals surface area contributed by atoms with Crippen LogP contribution in [0.3, 0.4) is 0 Å². The van der Waals surface area contributed by atoms with Crippen molar-refractivity contribution in [1.82, 2.24) is 0 Å². The monoisotopic (exact) mass is 255 g/mol. The number of nitriles is 1. The Hall–Kier alpha value is -2.08. The molecule has 2 rings (SSSR count). The minimum Gasteiger partial charge on any atom is -0.481 e. The van der Waals surface area contributed by atoms with E-state index in [1.54, 1.807) is 6.08 Å². The second kappa shape index (κ2) is 4.55. The van der Waals surface area contributed by atoms with Crippen molar-refractivity contribution in [3.8, 4) is 6.07 Å². The predicted octanol–water partition coefficient (Wildman–Crippen LogP) is 3.26. The van der Waals surface area contributed by atoms with Gasteiger partial charge in [0.15, 0.2) is 0 Å². The summed E-state index contributed by atoms with van der Waals surface area (Å²) in [6.45, 7) is 5.80. The van der Waals surface area contributed by atoms with Gasteiger partial charge in [0.05, 0.1) is 12.0 Å². The number of hydrogen-bond acceptors (Lipinski definition) is 2. The molecule has 0 spiro atoms. The maximum absolute atomic E-state index is 11.2. The third-order valence-corrected chi connectivity index (χ3v) is 3.96. The third kappa shape index (κ3) is 2.39. The van der Waals surface area contributed by atoms with Gasteiger partial charge in [0, 0.05) is 11.5 Å². The van der Waals surface area contributed by atoms with Crippen molar-refractivity contribution in [2.75, 3.05) is 0 Å². The van der Waals surface area contributed by atoms with Crippen LogP contribution in [0.1, 0.15) is 25.0 Å². The van der Waals surface area contributed by atoms with E-state index in [1.807, 2.05) is 45.0 Å². The maximum atomic E-state index is 11.2. The quantitative estimate of drug-likeness (QED) is 0.843. The summed E-state index contributed by atoms with van der Waals surface area (Å²) in [5.74, 6) is -1.46. The SMILES string of the molecule is Cc1ccc(C=C(C#N)[C@@H]2[C@@H](C(=O)O)C2(C)C)cc1. The van der Waals surface area contributed by atoms with E-state index in [2.05, 4.69) is 6.07 Å². The molecule has 0 heterocycles. The van der Waals surface area contributed by atoms with E-state index >= 15 is 0 Å². The highest BCUT2D eigenvalue weighted by molar-refractivity contribution is 5.78. The van der Waals surface area contributed by atoms with Crippen LogP contribution in [0.2, 0.25) is 0 Å². The van der Waals surface area contributed by atoms with Gasteiger partial charge in [0.1, 0.15) is 0 Å². The van der Waals surface area contributed by atoms with Crippen LogP contribution in [-0.4, -0.2) is 11.1 Å². The molecule has 98 valence electrons. The summed E-state index contributed by atoms with van der Waals surface area (Å²) in [7, 11) is 0. The van der Waals surface area contributed by atoms with Crippen LogP contribution in [0.15, 0.2) is 29.8 Å². The van der Waals surface area contributed by atoms with Crippen molar-refractivity contribution in [1.29, 1.82) is 5.26 Å². The van der Waals surface area contributed by atoms with Crippen LogP contribution in [0.5, 0.6) is 0 Å². The lowest BCUT2D eigenvalue weighted by molar-refractivity contribution is -0.139. The van der Waals surface area contributed by atoms with Gasteiger partial charge in [-0.25, -0.2) is 0 Å². The van der Waals surface area contributed by atoms with E-state index in [0.717, 1.165) is 11.1 Å². The number of aryl methyl sites for hydroxylation is 1. The van der Waals surface area contributed by atoms with Crippen molar-refractivity contribution < 1.29 is 9.90 Å². The van der Waals surface area contributed by atoms with Crippen LogP contribution in [-0.2, 0) is 4.79 Å². The molecule has 1 saturated carbocycles. The summed E-state index contributed by atoms with van der Waals surface area (Å²) in [6, 6.07) is 10.0. The Kier molecular flexibility index (Phi) is 3.20. The number of carboxylic acids is 1. The van der Waals surface area contributed by atoms with Gasteiger partial charge in [-0.1, -0.05) is 43.7 Å². The number of hydrogen-bond donors (Lipinski definition) is 1. The Morgan fingerprint density at radius 3 is 2.32 bits per heavy atom. The fraction of sp³-hybridized carbons (Fsp3) is 0.375. The highest BCUT2D eigenvalue weighted by atomic mass is 16.4. The molecule has 0 bridgehead atoms. The number of aliphatic carboxylic acids is 1. The van der Waals surface area contributed by atoms with Crippen molar-refractivity contribution in [2.45, 2.75) is 20.8 Å². The fourth-order valence-electron chi connectivity index (χ4n) is 2.71. The zero-order valence-corrected chi connectivity index (χ0v) is 11.3. The largest absolute Gasteiger partial charge is 0.481 e. The molecular weight excluding hydrogens is 238 g/mol. The molecule has 0 radical (unpaired) electrons. The van der Waals surface area contributed by atoms with Gasteiger partial charge in [-0.3, -0.25) is 4.79 Å². The van der Waals surface area contributed by atoms with Gasteiger partial charge in [0.2, 0.25) is 0 Å². The maximum Gasteiger partial charge on any atom is 0.307 e. The average Bonchev–Trinajstić information content (AvgIpc) is 2.92. The van der Waals surface area contributed by atoms with Gasteiger partial charge in [-0.2, -0.15) is 5.26 Å². The fourth-order valence-corrected chi connectivity index (χ4v) is 2.71. The van der Waals surface area contributed by atoms with Crippen LogP contribution in [0, 0.1) is 35.5 Å². The van der Waals surface area contributed by atoms with Crippen molar-refractivity contribution in [3.05, 3.63) is 41.0 Å². The summed E-state index contributed by atoms with van der Waals surface area (Å²) in [5, 5.41) is 18.4. The van der Waals surface area contributed by atoms with Crippen molar-refractivity contribution >= 4 is 12.0 Å². The zero-order valence-electron chi connectivity index (χ0n) is 11.3. The molecule has 2 atom stereocenters. The minimum atomic E-state index is -0.819. The first-order valence-corrected chi connectivity index (χ1v) is 6.29. The molecule has 1 fully saturated rings. The molecule has 3 nitrogen and oxygen atoms in total. The highest BCUT2D eigenvalue weighted by Gasteiger charge is 2.63. The first kappa shape index (κ1) is 13.4. The lowest BCUT2D eigenvalue weighted by atomic mass is 10.0. The molecule has 0 amide bonds. The number of carboxylic acid groups (broad SMARTS) is 1. The molecule has 1 aromatic carbocycles. The Morgan fingerprint density at radius 1 is 1.32 bits per heavy atom. The van der Waals surface area contributed by atoms with E-state index in [4.69, 9.17) is 5.11 Å².